The van der Waals surface area contributed by atoms with Gasteiger partial charge in [0.15, 0.2) is 0 Å². The molecule has 1 aliphatic carbocycles. The summed E-state index contributed by atoms with van der Waals surface area (Å²) in [5.74, 6) is 0.877. The third kappa shape index (κ3) is 31.3. The molecule has 14 heteroatoms. The number of hydrogen-bond acceptors (Lipinski definition) is 7. The molecule has 2 heterocycles. The zero-order valence-corrected chi connectivity index (χ0v) is 42.9. The molecule has 2 aromatic rings. The Morgan fingerprint density at radius 2 is 1.05 bits per heavy atom. The normalized spacial score (nSPS) is 12.6. The van der Waals surface area contributed by atoms with Gasteiger partial charge in [-0.2, -0.15) is 0 Å². The third-order valence-corrected chi connectivity index (χ3v) is 16.0. The van der Waals surface area contributed by atoms with E-state index in [4.69, 9.17) is 0 Å². The molecule has 354 valence electrons. The zero-order chi connectivity index (χ0) is 46.0. The van der Waals surface area contributed by atoms with Gasteiger partial charge in [-0.15, -0.1) is 0 Å². The van der Waals surface area contributed by atoms with Gasteiger partial charge in [0.05, 0.1) is 0 Å². The van der Waals surface area contributed by atoms with Crippen molar-refractivity contribution in [1.29, 1.82) is 0 Å². The summed E-state index contributed by atoms with van der Waals surface area (Å²) in [5, 5.41) is 14.2. The fourth-order valence-corrected chi connectivity index (χ4v) is 10.3. The van der Waals surface area contributed by atoms with Crippen LogP contribution < -0.4 is 26.6 Å². The molecule has 0 radical (unpaired) electrons. The van der Waals surface area contributed by atoms with Gasteiger partial charge in [0.25, 0.3) is 0 Å². The predicted molar refractivity (Wildman–Crippen MR) is 258 cm³/mol. The first kappa shape index (κ1) is 59.7. The summed E-state index contributed by atoms with van der Waals surface area (Å²) >= 11 is -0.236. The van der Waals surface area contributed by atoms with Crippen LogP contribution in [-0.4, -0.2) is 115 Å². The molecular formula is C49H79N5O7Te2. The van der Waals surface area contributed by atoms with Gasteiger partial charge in [0, 0.05) is 25.4 Å². The Labute approximate surface area is 398 Å². The first-order valence-corrected chi connectivity index (χ1v) is 27.6. The molecule has 0 bridgehead atoms. The Morgan fingerprint density at radius 1 is 0.587 bits per heavy atom. The van der Waals surface area contributed by atoms with E-state index < -0.39 is 0 Å². The molecule has 2 aromatic heterocycles. The number of allylic oxidation sites excluding steroid dienone is 4. The maximum atomic E-state index is 11.7. The number of aryl methyl sites for hydroxylation is 2. The van der Waals surface area contributed by atoms with Gasteiger partial charge in [0.1, 0.15) is 5.78 Å². The monoisotopic (exact) mass is 1110 g/mol. The zero-order valence-electron chi connectivity index (χ0n) is 38.2. The van der Waals surface area contributed by atoms with Crippen molar-refractivity contribution in [3.8, 4) is 0 Å². The summed E-state index contributed by atoms with van der Waals surface area (Å²) < 4.78 is 7.34. The molecule has 0 saturated heterocycles. The van der Waals surface area contributed by atoms with E-state index in [1.807, 2.05) is 26.8 Å². The Morgan fingerprint density at radius 3 is 1.48 bits per heavy atom. The van der Waals surface area contributed by atoms with Gasteiger partial charge in [-0.25, -0.2) is 0 Å². The summed E-state index contributed by atoms with van der Waals surface area (Å²) in [5.41, 5.74) is 1.31. The van der Waals surface area contributed by atoms with Gasteiger partial charge in [-0.3, -0.25) is 14.4 Å². The SMILES string of the molecule is C.CCC(C)C(=O)NCCNC(=O)CCC1=CC=CC1.CCC(CCC(=O)NCCNC(=O)CCc1ccc[te]1)C(C)=O.CCC(CCCCNC(=O)CCc1ccc[te]1)C(C)=O. The Bertz CT molecular complexity index is 1660. The van der Waals surface area contributed by atoms with E-state index in [-0.39, 0.29) is 101 Å². The second kappa shape index (κ2) is 38.0. The van der Waals surface area contributed by atoms with Crippen molar-refractivity contribution < 1.29 is 33.6 Å². The van der Waals surface area contributed by atoms with Crippen LogP contribution in [0.1, 0.15) is 140 Å². The molecular weight excluding hydrogens is 1030 g/mol. The van der Waals surface area contributed by atoms with Gasteiger partial charge in [0.2, 0.25) is 11.8 Å². The van der Waals surface area contributed by atoms with Crippen LogP contribution >= 0.6 is 0 Å². The summed E-state index contributed by atoms with van der Waals surface area (Å²) in [4.78, 5) is 80.6. The van der Waals surface area contributed by atoms with Crippen LogP contribution in [0.3, 0.4) is 0 Å². The van der Waals surface area contributed by atoms with E-state index in [1.165, 1.54) is 12.7 Å². The van der Waals surface area contributed by atoms with Crippen molar-refractivity contribution >= 4 is 82.0 Å². The van der Waals surface area contributed by atoms with Gasteiger partial charge < -0.3 is 10.6 Å². The molecule has 12 nitrogen and oxygen atoms in total. The number of Topliss-reactive ketones (excluding diaryl/α,β-unsaturated/α-hetero) is 2. The standard InChI is InChI=1S/C17H26N2O3Te.C16H25NO2Te.C15H24N2O2.CH4/c1-3-14(13(2)20)6-8-16(21)18-10-11-19-17(22)9-7-15-5-4-12-23-15;1-3-14(13(2)18)7-4-5-11-17-16(19)10-9-15-8-6-12-20-15;1-3-12(2)15(19)17-11-10-16-14(18)9-8-13-6-4-5-7-13;/h4-5,12,14H,3,6-11H2,1-2H3,(H,18,21)(H,19,22);6,8,12,14H,3-5,7,9-11H2,1-2H3,(H,17,19);4-6,12H,3,7-11H2,1-2H3,(H,16,18)(H,17,19);1H4. The summed E-state index contributed by atoms with van der Waals surface area (Å²) in [6.45, 7) is 13.8. The van der Waals surface area contributed by atoms with Crippen LogP contribution in [0.15, 0.2) is 56.2 Å². The first-order valence-electron chi connectivity index (χ1n) is 22.5. The fraction of sp³-hybridized carbons (Fsp3) is 0.612. The summed E-state index contributed by atoms with van der Waals surface area (Å²) in [7, 11) is 0. The van der Waals surface area contributed by atoms with Gasteiger partial charge in [-0.05, 0) is 32.6 Å². The molecule has 0 aromatic carbocycles. The first-order chi connectivity index (χ1) is 29.8. The minimum absolute atomic E-state index is 0. The van der Waals surface area contributed by atoms with Crippen molar-refractivity contribution in [3.05, 3.63) is 63.4 Å². The van der Waals surface area contributed by atoms with Crippen molar-refractivity contribution in [3.63, 3.8) is 0 Å². The van der Waals surface area contributed by atoms with E-state index in [1.54, 1.807) is 13.8 Å². The fourth-order valence-electron chi connectivity index (χ4n) is 6.28. The molecule has 3 atom stereocenters. The van der Waals surface area contributed by atoms with Crippen molar-refractivity contribution in [2.24, 2.45) is 17.8 Å². The number of amides is 5. The van der Waals surface area contributed by atoms with E-state index in [0.29, 0.717) is 64.1 Å². The summed E-state index contributed by atoms with van der Waals surface area (Å²) in [6.07, 6.45) is 17.8. The third-order valence-electron chi connectivity index (χ3n) is 10.6. The molecule has 0 saturated carbocycles. The van der Waals surface area contributed by atoms with Crippen LogP contribution in [0, 0.1) is 17.8 Å². The quantitative estimate of drug-likeness (QED) is 0.0459. The summed E-state index contributed by atoms with van der Waals surface area (Å²) in [6, 6.07) is 8.44. The average Bonchev–Trinajstić information content (AvgIpc) is 4.09. The van der Waals surface area contributed by atoms with Crippen LogP contribution in [0.5, 0.6) is 0 Å². The molecule has 63 heavy (non-hydrogen) atoms. The van der Waals surface area contributed by atoms with E-state index in [9.17, 15) is 33.6 Å². The average molecular weight is 1110 g/mol. The molecule has 0 aliphatic heterocycles. The molecule has 3 unspecified atom stereocenters. The number of nitrogens with one attached hydrogen (secondary N) is 5. The molecule has 5 amide bonds. The van der Waals surface area contributed by atoms with Crippen molar-refractivity contribution in [2.75, 3.05) is 32.7 Å². The van der Waals surface area contributed by atoms with Crippen molar-refractivity contribution in [2.45, 2.75) is 145 Å². The molecule has 1 aliphatic rings. The number of ketones is 2. The van der Waals surface area contributed by atoms with Crippen LogP contribution in [-0.2, 0) is 46.4 Å². The topological polar surface area (TPSA) is 180 Å². The molecule has 0 spiro atoms. The number of rotatable bonds is 29. The number of carbonyl (C=O) groups is 7. The van der Waals surface area contributed by atoms with Crippen molar-refractivity contribution in [1.82, 2.24) is 26.6 Å². The number of carbonyl (C=O) groups excluding carboxylic acids is 7. The predicted octanol–water partition coefficient (Wildman–Crippen LogP) is 6.45. The van der Waals surface area contributed by atoms with E-state index in [2.05, 4.69) is 78.1 Å². The number of hydrogen-bond donors (Lipinski definition) is 5. The Kier molecular flexibility index (Phi) is 36.0. The van der Waals surface area contributed by atoms with Crippen LogP contribution in [0.25, 0.3) is 0 Å². The van der Waals surface area contributed by atoms with E-state index in [0.717, 1.165) is 70.8 Å². The van der Waals surface area contributed by atoms with Crippen LogP contribution in [0.4, 0.5) is 0 Å². The van der Waals surface area contributed by atoms with Gasteiger partial charge in [-0.1, -0.05) is 52.0 Å². The van der Waals surface area contributed by atoms with Gasteiger partial charge >= 0.3 is 249 Å². The minimum atomic E-state index is -0.147. The van der Waals surface area contributed by atoms with E-state index >= 15 is 0 Å². The molecule has 5 N–H and O–H groups in total. The second-order valence-corrected chi connectivity index (χ2v) is 21.5. The second-order valence-electron chi connectivity index (χ2n) is 15.6. The maximum absolute atomic E-state index is 11.7. The molecule has 3 rings (SSSR count). The van der Waals surface area contributed by atoms with Crippen LogP contribution in [0.2, 0.25) is 0 Å². The Balaban J connectivity index is 0.000000913. The number of unbranched alkanes of at least 4 members (excludes halogenated alkanes) is 1. The molecule has 0 fully saturated rings. The Hall–Kier alpha value is -3.29.